The topological polar surface area (TPSA) is 12.4 Å². The predicted molar refractivity (Wildman–Crippen MR) is 54.7 cm³/mol. The third-order valence-electron chi connectivity index (χ3n) is 2.03. The van der Waals surface area contributed by atoms with E-state index in [1.165, 1.54) is 5.71 Å². The highest BCUT2D eigenvalue weighted by Crippen LogP contribution is 2.10. The van der Waals surface area contributed by atoms with Gasteiger partial charge >= 0.3 is 0 Å². The van der Waals surface area contributed by atoms with Crippen molar-refractivity contribution >= 4 is 5.71 Å². The normalized spacial score (nSPS) is 26.2. The minimum Gasteiger partial charge on any atom is -0.289 e. The molecule has 0 fully saturated rings. The van der Waals surface area contributed by atoms with Crippen molar-refractivity contribution in [3.05, 3.63) is 24.3 Å². The van der Waals surface area contributed by atoms with Gasteiger partial charge in [0.2, 0.25) is 0 Å². The fraction of sp³-hybridized carbons (Fsp3) is 0.545. The second-order valence-corrected chi connectivity index (χ2v) is 3.23. The highest BCUT2D eigenvalue weighted by atomic mass is 14.7. The average molecular weight is 163 g/mol. The van der Waals surface area contributed by atoms with Crippen molar-refractivity contribution in [2.75, 3.05) is 6.54 Å². The molecular formula is C11H17N. The molecule has 66 valence electrons. The van der Waals surface area contributed by atoms with Crippen LogP contribution in [0.15, 0.2) is 29.3 Å². The summed E-state index contributed by atoms with van der Waals surface area (Å²) in [6, 6.07) is 0. The number of allylic oxidation sites excluding steroid dienone is 4. The van der Waals surface area contributed by atoms with Gasteiger partial charge in [-0.05, 0) is 18.9 Å². The Labute approximate surface area is 74.9 Å². The van der Waals surface area contributed by atoms with E-state index in [0.717, 1.165) is 19.4 Å². The standard InChI is InChI=1S/C11H17N/c1-3-9-12-11-8-6-4-5-7-10(11)2/h4-6,8,10H,3,7,9H2,1-2H3. The molecule has 12 heavy (non-hydrogen) atoms. The molecule has 0 aromatic heterocycles. The molecule has 1 aliphatic carbocycles. The number of nitrogens with zero attached hydrogens (tertiary/aromatic N) is 1. The lowest BCUT2D eigenvalue weighted by Gasteiger charge is -2.07. The maximum Gasteiger partial charge on any atom is 0.0390 e. The third-order valence-corrected chi connectivity index (χ3v) is 2.03. The number of hydrogen-bond acceptors (Lipinski definition) is 1. The summed E-state index contributed by atoms with van der Waals surface area (Å²) in [5, 5.41) is 0. The van der Waals surface area contributed by atoms with Crippen molar-refractivity contribution in [1.82, 2.24) is 0 Å². The first-order chi connectivity index (χ1) is 5.84. The van der Waals surface area contributed by atoms with Gasteiger partial charge in [-0.25, -0.2) is 0 Å². The molecule has 0 spiro atoms. The monoisotopic (exact) mass is 163 g/mol. The fourth-order valence-corrected chi connectivity index (χ4v) is 1.25. The van der Waals surface area contributed by atoms with Crippen LogP contribution < -0.4 is 0 Å². The Morgan fingerprint density at radius 1 is 1.50 bits per heavy atom. The summed E-state index contributed by atoms with van der Waals surface area (Å²) >= 11 is 0. The highest BCUT2D eigenvalue weighted by molar-refractivity contribution is 5.97. The van der Waals surface area contributed by atoms with Crippen LogP contribution in [0.2, 0.25) is 0 Å². The van der Waals surface area contributed by atoms with E-state index in [1.54, 1.807) is 0 Å². The van der Waals surface area contributed by atoms with Gasteiger partial charge in [0.05, 0.1) is 0 Å². The van der Waals surface area contributed by atoms with Crippen LogP contribution in [-0.4, -0.2) is 12.3 Å². The molecule has 1 unspecified atom stereocenters. The van der Waals surface area contributed by atoms with Crippen LogP contribution in [0.4, 0.5) is 0 Å². The van der Waals surface area contributed by atoms with E-state index in [1.807, 2.05) is 0 Å². The smallest absolute Gasteiger partial charge is 0.0390 e. The van der Waals surface area contributed by atoms with Crippen molar-refractivity contribution in [3.63, 3.8) is 0 Å². The van der Waals surface area contributed by atoms with Gasteiger partial charge in [-0.3, -0.25) is 4.99 Å². The van der Waals surface area contributed by atoms with Crippen molar-refractivity contribution in [1.29, 1.82) is 0 Å². The Kier molecular flexibility index (Phi) is 3.78. The molecular weight excluding hydrogens is 146 g/mol. The second-order valence-electron chi connectivity index (χ2n) is 3.23. The first kappa shape index (κ1) is 9.24. The molecule has 0 radical (unpaired) electrons. The van der Waals surface area contributed by atoms with Crippen LogP contribution in [0.3, 0.4) is 0 Å². The van der Waals surface area contributed by atoms with Gasteiger partial charge in [-0.1, -0.05) is 32.1 Å². The zero-order chi connectivity index (χ0) is 8.81. The van der Waals surface area contributed by atoms with Crippen LogP contribution in [0.25, 0.3) is 0 Å². The summed E-state index contributed by atoms with van der Waals surface area (Å²) < 4.78 is 0. The summed E-state index contributed by atoms with van der Waals surface area (Å²) in [5.74, 6) is 0.589. The van der Waals surface area contributed by atoms with E-state index in [0.29, 0.717) is 5.92 Å². The molecule has 0 saturated carbocycles. The maximum absolute atomic E-state index is 4.53. The Morgan fingerprint density at radius 3 is 3.08 bits per heavy atom. The Hall–Kier alpha value is -0.850. The summed E-state index contributed by atoms with van der Waals surface area (Å²) in [5.41, 5.74) is 1.25. The quantitative estimate of drug-likeness (QED) is 0.593. The lowest BCUT2D eigenvalue weighted by Crippen LogP contribution is -2.07. The largest absolute Gasteiger partial charge is 0.289 e. The lowest BCUT2D eigenvalue weighted by atomic mass is 10.0. The van der Waals surface area contributed by atoms with Crippen LogP contribution in [0.1, 0.15) is 26.7 Å². The molecule has 0 aromatic carbocycles. The Balaban J connectivity index is 2.62. The van der Waals surface area contributed by atoms with Gasteiger partial charge in [0, 0.05) is 18.2 Å². The van der Waals surface area contributed by atoms with Crippen LogP contribution >= 0.6 is 0 Å². The SMILES string of the molecule is CCCN=C1C=CC=CCC1C. The van der Waals surface area contributed by atoms with E-state index in [9.17, 15) is 0 Å². The van der Waals surface area contributed by atoms with Gasteiger partial charge in [-0.15, -0.1) is 0 Å². The number of rotatable bonds is 2. The Bertz CT molecular complexity index is 211. The lowest BCUT2D eigenvalue weighted by molar-refractivity contribution is 0.784. The maximum atomic E-state index is 4.53. The third kappa shape index (κ3) is 2.65. The molecule has 0 heterocycles. The van der Waals surface area contributed by atoms with Crippen molar-refractivity contribution in [3.8, 4) is 0 Å². The molecule has 1 aliphatic rings. The number of hydrogen-bond donors (Lipinski definition) is 0. The molecule has 1 rings (SSSR count). The van der Waals surface area contributed by atoms with Crippen molar-refractivity contribution in [2.24, 2.45) is 10.9 Å². The molecule has 1 nitrogen and oxygen atoms in total. The molecule has 0 aromatic rings. The fourth-order valence-electron chi connectivity index (χ4n) is 1.25. The van der Waals surface area contributed by atoms with Gasteiger partial charge < -0.3 is 0 Å². The molecule has 0 saturated heterocycles. The first-order valence-corrected chi connectivity index (χ1v) is 4.72. The highest BCUT2D eigenvalue weighted by Gasteiger charge is 2.06. The number of aliphatic imine (C=N–C) groups is 1. The van der Waals surface area contributed by atoms with Crippen molar-refractivity contribution in [2.45, 2.75) is 26.7 Å². The van der Waals surface area contributed by atoms with Gasteiger partial charge in [0.1, 0.15) is 0 Å². The summed E-state index contributed by atoms with van der Waals surface area (Å²) in [4.78, 5) is 4.53. The molecule has 1 heteroatoms. The van der Waals surface area contributed by atoms with Crippen molar-refractivity contribution < 1.29 is 0 Å². The van der Waals surface area contributed by atoms with E-state index in [-0.39, 0.29) is 0 Å². The van der Waals surface area contributed by atoms with E-state index >= 15 is 0 Å². The summed E-state index contributed by atoms with van der Waals surface area (Å²) in [7, 11) is 0. The zero-order valence-corrected chi connectivity index (χ0v) is 7.96. The minimum absolute atomic E-state index is 0.589. The van der Waals surface area contributed by atoms with E-state index in [2.05, 4.69) is 43.1 Å². The summed E-state index contributed by atoms with van der Waals surface area (Å²) in [6.45, 7) is 5.35. The van der Waals surface area contributed by atoms with Gasteiger partial charge in [0.25, 0.3) is 0 Å². The average Bonchev–Trinajstić information content (AvgIpc) is 2.27. The molecule has 0 bridgehead atoms. The molecule has 0 N–H and O–H groups in total. The van der Waals surface area contributed by atoms with Gasteiger partial charge in [-0.2, -0.15) is 0 Å². The van der Waals surface area contributed by atoms with Crippen LogP contribution in [0.5, 0.6) is 0 Å². The van der Waals surface area contributed by atoms with Gasteiger partial charge in [0.15, 0.2) is 0 Å². The summed E-state index contributed by atoms with van der Waals surface area (Å²) in [6.07, 6.45) is 10.8. The molecule has 0 aliphatic heterocycles. The van der Waals surface area contributed by atoms with E-state index in [4.69, 9.17) is 0 Å². The first-order valence-electron chi connectivity index (χ1n) is 4.72. The van der Waals surface area contributed by atoms with Crippen LogP contribution in [-0.2, 0) is 0 Å². The molecule has 0 amide bonds. The molecule has 1 atom stereocenters. The predicted octanol–water partition coefficient (Wildman–Crippen LogP) is 2.99. The van der Waals surface area contributed by atoms with E-state index < -0.39 is 0 Å². The minimum atomic E-state index is 0.589. The second kappa shape index (κ2) is 4.91. The zero-order valence-electron chi connectivity index (χ0n) is 7.96. The Morgan fingerprint density at radius 2 is 2.33 bits per heavy atom. The van der Waals surface area contributed by atoms with Crippen LogP contribution in [0, 0.1) is 5.92 Å².